The summed E-state index contributed by atoms with van der Waals surface area (Å²) in [6.45, 7) is 5.39. The van der Waals surface area contributed by atoms with Gasteiger partial charge in [0.15, 0.2) is 6.20 Å². The van der Waals surface area contributed by atoms with Gasteiger partial charge < -0.3 is 19.7 Å². The van der Waals surface area contributed by atoms with E-state index in [-0.39, 0.29) is 0 Å². The number of nitrogens with zero attached hydrogens (tertiary/aromatic N) is 1. The minimum absolute atomic E-state index is 0.474. The number of carbonyl (C=O) groups is 1. The molecule has 1 amide bonds. The third-order valence-corrected chi connectivity index (χ3v) is 4.19. The SMILES string of the molecule is CC(C)(C)OC(=O)N[C@@H](c1ccco1)[C@@H](c1ccccc1)c1cccc[n+]1[O-]. The Morgan fingerprint density at radius 1 is 1.07 bits per heavy atom. The lowest BCUT2D eigenvalue weighted by atomic mass is 9.86. The second-order valence-electron chi connectivity index (χ2n) is 7.48. The van der Waals surface area contributed by atoms with E-state index in [1.165, 1.54) is 12.5 Å². The zero-order valence-electron chi connectivity index (χ0n) is 16.2. The molecule has 2 heterocycles. The summed E-state index contributed by atoms with van der Waals surface area (Å²) in [6, 6.07) is 17.6. The molecule has 0 unspecified atom stereocenters. The molecule has 146 valence electrons. The van der Waals surface area contributed by atoms with Gasteiger partial charge in [-0.3, -0.25) is 0 Å². The summed E-state index contributed by atoms with van der Waals surface area (Å²) in [4.78, 5) is 12.6. The van der Waals surface area contributed by atoms with Crippen LogP contribution in [-0.4, -0.2) is 11.7 Å². The number of rotatable bonds is 5. The second kappa shape index (κ2) is 8.17. The Morgan fingerprint density at radius 3 is 2.39 bits per heavy atom. The first-order valence-electron chi connectivity index (χ1n) is 9.11. The van der Waals surface area contributed by atoms with Crippen molar-refractivity contribution >= 4 is 6.09 Å². The first-order chi connectivity index (χ1) is 13.3. The molecule has 28 heavy (non-hydrogen) atoms. The van der Waals surface area contributed by atoms with Gasteiger partial charge in [0.25, 0.3) is 0 Å². The average Bonchev–Trinajstić information content (AvgIpc) is 3.16. The lowest BCUT2D eigenvalue weighted by Crippen LogP contribution is -2.41. The molecule has 0 bridgehead atoms. The van der Waals surface area contributed by atoms with E-state index in [2.05, 4.69) is 5.32 Å². The largest absolute Gasteiger partial charge is 0.618 e. The number of alkyl carbamates (subject to hydrolysis) is 1. The number of carbonyl (C=O) groups excluding carboxylic acids is 1. The molecule has 2 aromatic heterocycles. The minimum atomic E-state index is -0.648. The molecular weight excluding hydrogens is 356 g/mol. The average molecular weight is 380 g/mol. The van der Waals surface area contributed by atoms with E-state index >= 15 is 0 Å². The molecule has 0 aliphatic heterocycles. The predicted octanol–water partition coefficient (Wildman–Crippen LogP) is 4.31. The van der Waals surface area contributed by atoms with Crippen molar-refractivity contribution in [3.8, 4) is 0 Å². The van der Waals surface area contributed by atoms with Gasteiger partial charge in [-0.2, -0.15) is 4.73 Å². The number of aromatic nitrogens is 1. The number of hydrogen-bond donors (Lipinski definition) is 1. The van der Waals surface area contributed by atoms with Gasteiger partial charge >= 0.3 is 6.09 Å². The van der Waals surface area contributed by atoms with Gasteiger partial charge in [-0.25, -0.2) is 4.79 Å². The fraction of sp³-hybridized carbons (Fsp3) is 0.273. The standard InChI is InChI=1S/C22H24N2O4/c1-22(2,3)28-21(25)23-20(18-13-9-15-27-18)19(16-10-5-4-6-11-16)17-12-7-8-14-24(17)26/h4-15,19-20H,1-3H3,(H,23,25)/t19-,20-/m0/s1. The number of furan rings is 1. The molecule has 2 atom stereocenters. The Bertz CT molecular complexity index is 902. The van der Waals surface area contributed by atoms with Crippen LogP contribution in [0.1, 0.15) is 49.7 Å². The Hall–Kier alpha value is -3.28. The highest BCUT2D eigenvalue weighted by Gasteiger charge is 2.35. The van der Waals surface area contributed by atoms with Crippen LogP contribution < -0.4 is 10.0 Å². The Labute approximate surface area is 164 Å². The zero-order chi connectivity index (χ0) is 20.1. The van der Waals surface area contributed by atoms with Crippen LogP contribution in [0, 0.1) is 5.21 Å². The molecule has 6 heteroatoms. The van der Waals surface area contributed by atoms with Crippen LogP contribution in [0.5, 0.6) is 0 Å². The van der Waals surface area contributed by atoms with Crippen LogP contribution in [0.2, 0.25) is 0 Å². The molecular formula is C22H24N2O4. The summed E-state index contributed by atoms with van der Waals surface area (Å²) >= 11 is 0. The van der Waals surface area contributed by atoms with Crippen molar-refractivity contribution in [3.63, 3.8) is 0 Å². The number of hydrogen-bond acceptors (Lipinski definition) is 4. The lowest BCUT2D eigenvalue weighted by Gasteiger charge is -2.27. The molecule has 0 aliphatic carbocycles. The van der Waals surface area contributed by atoms with Crippen LogP contribution in [-0.2, 0) is 4.74 Å². The first-order valence-corrected chi connectivity index (χ1v) is 9.11. The van der Waals surface area contributed by atoms with Crippen LogP contribution in [0.15, 0.2) is 77.5 Å². The van der Waals surface area contributed by atoms with Gasteiger partial charge in [0, 0.05) is 12.1 Å². The molecule has 1 N–H and O–H groups in total. The zero-order valence-corrected chi connectivity index (χ0v) is 16.2. The van der Waals surface area contributed by atoms with Crippen molar-refractivity contribution in [2.24, 2.45) is 0 Å². The van der Waals surface area contributed by atoms with E-state index < -0.39 is 23.7 Å². The van der Waals surface area contributed by atoms with Crippen molar-refractivity contribution in [1.29, 1.82) is 0 Å². The highest BCUT2D eigenvalue weighted by atomic mass is 16.6. The molecule has 0 aliphatic rings. The quantitative estimate of drug-likeness (QED) is 0.528. The van der Waals surface area contributed by atoms with Gasteiger partial charge in [-0.05, 0) is 44.5 Å². The molecule has 0 spiro atoms. The highest BCUT2D eigenvalue weighted by molar-refractivity contribution is 5.68. The fourth-order valence-corrected chi connectivity index (χ4v) is 3.10. The predicted molar refractivity (Wildman–Crippen MR) is 105 cm³/mol. The fourth-order valence-electron chi connectivity index (χ4n) is 3.10. The summed E-state index contributed by atoms with van der Waals surface area (Å²) in [7, 11) is 0. The molecule has 0 saturated carbocycles. The van der Waals surface area contributed by atoms with Crippen LogP contribution >= 0.6 is 0 Å². The van der Waals surface area contributed by atoms with Crippen LogP contribution in [0.25, 0.3) is 0 Å². The molecule has 1 aromatic carbocycles. The summed E-state index contributed by atoms with van der Waals surface area (Å²) in [6.07, 6.45) is 2.40. The van der Waals surface area contributed by atoms with Gasteiger partial charge in [0.2, 0.25) is 5.69 Å². The van der Waals surface area contributed by atoms with Crippen molar-refractivity contribution in [1.82, 2.24) is 5.32 Å². The smallest absolute Gasteiger partial charge is 0.408 e. The van der Waals surface area contributed by atoms with Crippen molar-refractivity contribution < 1.29 is 18.7 Å². The van der Waals surface area contributed by atoms with Crippen LogP contribution in [0.4, 0.5) is 4.79 Å². The van der Waals surface area contributed by atoms with E-state index in [4.69, 9.17) is 9.15 Å². The highest BCUT2D eigenvalue weighted by Crippen LogP contribution is 2.35. The Kier molecular flexibility index (Phi) is 5.68. The van der Waals surface area contributed by atoms with Gasteiger partial charge in [0.05, 0.1) is 12.2 Å². The summed E-state index contributed by atoms with van der Waals surface area (Å²) in [5, 5.41) is 15.5. The number of benzene rings is 1. The summed E-state index contributed by atoms with van der Waals surface area (Å²) in [5.41, 5.74) is 0.715. The first kappa shape index (κ1) is 19.5. The van der Waals surface area contributed by atoms with E-state index in [0.29, 0.717) is 11.5 Å². The Morgan fingerprint density at radius 2 is 1.79 bits per heavy atom. The molecule has 6 nitrogen and oxygen atoms in total. The lowest BCUT2D eigenvalue weighted by molar-refractivity contribution is -0.615. The number of pyridine rings is 1. The summed E-state index contributed by atoms with van der Waals surface area (Å²) < 4.78 is 11.9. The third-order valence-electron chi connectivity index (χ3n) is 4.19. The molecule has 3 aromatic rings. The number of ether oxygens (including phenoxy) is 1. The van der Waals surface area contributed by atoms with Crippen molar-refractivity contribution in [3.05, 3.63) is 95.3 Å². The van der Waals surface area contributed by atoms with Crippen LogP contribution in [0.3, 0.4) is 0 Å². The molecule has 0 radical (unpaired) electrons. The maximum atomic E-state index is 12.6. The number of amides is 1. The monoisotopic (exact) mass is 380 g/mol. The maximum absolute atomic E-state index is 12.6. The van der Waals surface area contributed by atoms with Gasteiger partial charge in [-0.1, -0.05) is 30.3 Å². The number of nitrogens with one attached hydrogen (secondary N) is 1. The maximum Gasteiger partial charge on any atom is 0.408 e. The van der Waals surface area contributed by atoms with E-state index in [0.717, 1.165) is 10.3 Å². The Balaban J connectivity index is 2.07. The minimum Gasteiger partial charge on any atom is -0.618 e. The second-order valence-corrected chi connectivity index (χ2v) is 7.48. The van der Waals surface area contributed by atoms with E-state index in [1.807, 2.05) is 30.3 Å². The normalized spacial score (nSPS) is 13.5. The molecule has 0 fully saturated rings. The van der Waals surface area contributed by atoms with Crippen molar-refractivity contribution in [2.45, 2.75) is 38.3 Å². The topological polar surface area (TPSA) is 78.4 Å². The van der Waals surface area contributed by atoms with E-state index in [1.54, 1.807) is 51.1 Å². The summed E-state index contributed by atoms with van der Waals surface area (Å²) in [5.74, 6) is 0.0575. The van der Waals surface area contributed by atoms with Gasteiger partial charge in [0.1, 0.15) is 17.4 Å². The van der Waals surface area contributed by atoms with Gasteiger partial charge in [-0.15, -0.1) is 0 Å². The molecule has 3 rings (SSSR count). The molecule has 0 saturated heterocycles. The third kappa shape index (κ3) is 4.71. The van der Waals surface area contributed by atoms with Crippen molar-refractivity contribution in [2.75, 3.05) is 0 Å². The van der Waals surface area contributed by atoms with E-state index in [9.17, 15) is 10.0 Å².